The second kappa shape index (κ2) is 6.29. The van der Waals surface area contributed by atoms with Crippen LogP contribution in [0.4, 0.5) is 10.7 Å². The number of nitriles is 1. The van der Waals surface area contributed by atoms with Gasteiger partial charge in [0.25, 0.3) is 5.91 Å². The summed E-state index contributed by atoms with van der Waals surface area (Å²) in [6.07, 6.45) is 0. The minimum atomic E-state index is -0.278. The second-order valence-electron chi connectivity index (χ2n) is 4.56. The fourth-order valence-electron chi connectivity index (χ4n) is 2.06. The summed E-state index contributed by atoms with van der Waals surface area (Å²) in [7, 11) is 3.43. The van der Waals surface area contributed by atoms with E-state index in [0.717, 1.165) is 5.56 Å². The summed E-state index contributed by atoms with van der Waals surface area (Å²) in [5.74, 6) is -0.278. The van der Waals surface area contributed by atoms with Crippen molar-refractivity contribution in [2.24, 2.45) is 0 Å². The van der Waals surface area contributed by atoms with E-state index in [1.165, 1.54) is 11.3 Å². The Morgan fingerprint density at radius 2 is 2.10 bits per heavy atom. The molecule has 0 spiro atoms. The first-order chi connectivity index (χ1) is 10.1. The van der Waals surface area contributed by atoms with Crippen LogP contribution >= 0.6 is 11.3 Å². The lowest BCUT2D eigenvalue weighted by atomic mass is 10.2. The van der Waals surface area contributed by atoms with E-state index in [4.69, 9.17) is 11.0 Å². The molecule has 0 unspecified atom stereocenters. The molecule has 3 N–H and O–H groups in total. The van der Waals surface area contributed by atoms with Crippen molar-refractivity contribution in [3.8, 4) is 6.07 Å². The van der Waals surface area contributed by atoms with Gasteiger partial charge < -0.3 is 16.0 Å². The highest BCUT2D eigenvalue weighted by atomic mass is 32.1. The Kier molecular flexibility index (Phi) is 4.45. The molecule has 0 aliphatic rings. The quantitative estimate of drug-likeness (QED) is 0.907. The molecule has 2 aromatic rings. The maximum Gasteiger partial charge on any atom is 0.256 e. The Labute approximate surface area is 127 Å². The minimum absolute atomic E-state index is 0.247. The van der Waals surface area contributed by atoms with Gasteiger partial charge in [-0.25, -0.2) is 0 Å². The predicted molar refractivity (Wildman–Crippen MR) is 85.4 cm³/mol. The number of carbonyl (C=O) groups excluding carboxylic acids is 1. The molecule has 1 aromatic heterocycles. The highest BCUT2D eigenvalue weighted by molar-refractivity contribution is 7.17. The number of nitrogens with two attached hydrogens (primary N) is 1. The van der Waals surface area contributed by atoms with E-state index < -0.39 is 0 Å². The van der Waals surface area contributed by atoms with Gasteiger partial charge >= 0.3 is 0 Å². The maximum atomic E-state index is 12.0. The van der Waals surface area contributed by atoms with E-state index >= 15 is 0 Å². The number of nitrogens with zero attached hydrogens (tertiary/aromatic N) is 2. The lowest BCUT2D eigenvalue weighted by Crippen LogP contribution is -2.23. The summed E-state index contributed by atoms with van der Waals surface area (Å²) in [6, 6.07) is 11.9. The molecule has 0 fully saturated rings. The molecule has 1 heterocycles. The van der Waals surface area contributed by atoms with Crippen molar-refractivity contribution >= 4 is 27.9 Å². The summed E-state index contributed by atoms with van der Waals surface area (Å²) in [5.41, 5.74) is 7.66. The zero-order chi connectivity index (χ0) is 15.4. The molecule has 1 aromatic carbocycles. The van der Waals surface area contributed by atoms with Gasteiger partial charge in [0.05, 0.1) is 11.3 Å². The highest BCUT2D eigenvalue weighted by Gasteiger charge is 2.23. The van der Waals surface area contributed by atoms with Crippen LogP contribution in [-0.2, 0) is 6.54 Å². The van der Waals surface area contributed by atoms with Gasteiger partial charge in [-0.1, -0.05) is 30.3 Å². The van der Waals surface area contributed by atoms with Gasteiger partial charge in [0.2, 0.25) is 0 Å². The van der Waals surface area contributed by atoms with Gasteiger partial charge in [0.1, 0.15) is 15.9 Å². The van der Waals surface area contributed by atoms with Crippen LogP contribution in [0.15, 0.2) is 30.3 Å². The number of nitrogens with one attached hydrogen (secondary N) is 1. The molecule has 0 radical (unpaired) electrons. The minimum Gasteiger partial charge on any atom is -0.396 e. The summed E-state index contributed by atoms with van der Waals surface area (Å²) >= 11 is 1.24. The van der Waals surface area contributed by atoms with Crippen LogP contribution in [0.3, 0.4) is 0 Å². The van der Waals surface area contributed by atoms with Gasteiger partial charge in [-0.2, -0.15) is 5.26 Å². The standard InChI is InChI=1S/C15H16N4OS/c1-18-14(20)12-13(17)11(8-16)21-15(12)19(2)9-10-6-4-3-5-7-10/h3-7H,9,17H2,1-2H3,(H,18,20). The molecule has 5 nitrogen and oxygen atoms in total. The normalized spacial score (nSPS) is 9.95. The van der Waals surface area contributed by atoms with Gasteiger partial charge in [-0.3, -0.25) is 4.79 Å². The molecule has 0 aliphatic carbocycles. The monoisotopic (exact) mass is 300 g/mol. The van der Waals surface area contributed by atoms with Crippen molar-refractivity contribution in [3.05, 3.63) is 46.3 Å². The first-order valence-electron chi connectivity index (χ1n) is 6.38. The molecular formula is C15H16N4OS. The molecular weight excluding hydrogens is 284 g/mol. The fourth-order valence-corrected chi connectivity index (χ4v) is 3.03. The number of amides is 1. The van der Waals surface area contributed by atoms with Crippen LogP contribution in [0.25, 0.3) is 0 Å². The fraction of sp³-hybridized carbons (Fsp3) is 0.200. The average Bonchev–Trinajstić information content (AvgIpc) is 2.84. The molecule has 21 heavy (non-hydrogen) atoms. The molecule has 0 saturated carbocycles. The number of benzene rings is 1. The molecule has 0 aliphatic heterocycles. The lowest BCUT2D eigenvalue weighted by molar-refractivity contribution is 0.0965. The SMILES string of the molecule is CNC(=O)c1c(N(C)Cc2ccccc2)sc(C#N)c1N. The number of carbonyl (C=O) groups is 1. The van der Waals surface area contributed by atoms with Gasteiger partial charge in [0.15, 0.2) is 0 Å². The zero-order valence-corrected chi connectivity index (χ0v) is 12.7. The Morgan fingerprint density at radius 3 is 2.67 bits per heavy atom. The number of anilines is 2. The van der Waals surface area contributed by atoms with E-state index in [1.807, 2.05) is 48.3 Å². The Balaban J connectivity index is 2.38. The summed E-state index contributed by atoms with van der Waals surface area (Å²) < 4.78 is 0. The topological polar surface area (TPSA) is 82.2 Å². The molecule has 0 bridgehead atoms. The number of nitrogen functional groups attached to an aromatic ring is 1. The first kappa shape index (κ1) is 14.9. The number of rotatable bonds is 4. The van der Waals surface area contributed by atoms with Crippen molar-refractivity contribution in [1.29, 1.82) is 5.26 Å². The molecule has 0 saturated heterocycles. The van der Waals surface area contributed by atoms with E-state index in [0.29, 0.717) is 22.0 Å². The van der Waals surface area contributed by atoms with Crippen molar-refractivity contribution in [2.75, 3.05) is 24.7 Å². The largest absolute Gasteiger partial charge is 0.396 e. The third-order valence-corrected chi connectivity index (χ3v) is 4.32. The van der Waals surface area contributed by atoms with Crippen LogP contribution in [0.5, 0.6) is 0 Å². The molecule has 6 heteroatoms. The van der Waals surface area contributed by atoms with Crippen LogP contribution in [0, 0.1) is 11.3 Å². The van der Waals surface area contributed by atoms with Crippen LogP contribution in [0.1, 0.15) is 20.8 Å². The molecule has 1 amide bonds. The van der Waals surface area contributed by atoms with Crippen LogP contribution in [0.2, 0.25) is 0 Å². The summed E-state index contributed by atoms with van der Waals surface area (Å²) in [5, 5.41) is 12.4. The number of hydrogen-bond acceptors (Lipinski definition) is 5. The molecule has 0 atom stereocenters. The van der Waals surface area contributed by atoms with Gasteiger partial charge in [0, 0.05) is 20.6 Å². The van der Waals surface area contributed by atoms with Gasteiger partial charge in [-0.05, 0) is 5.56 Å². The van der Waals surface area contributed by atoms with Crippen molar-refractivity contribution < 1.29 is 4.79 Å². The Bertz CT molecular complexity index is 688. The van der Waals surface area contributed by atoms with Gasteiger partial charge in [-0.15, -0.1) is 11.3 Å². The molecule has 2 rings (SSSR count). The Morgan fingerprint density at radius 1 is 1.43 bits per heavy atom. The van der Waals surface area contributed by atoms with E-state index in [-0.39, 0.29) is 11.6 Å². The third-order valence-electron chi connectivity index (χ3n) is 3.09. The summed E-state index contributed by atoms with van der Waals surface area (Å²) in [6.45, 7) is 0.635. The first-order valence-corrected chi connectivity index (χ1v) is 7.19. The summed E-state index contributed by atoms with van der Waals surface area (Å²) in [4.78, 5) is 14.3. The van der Waals surface area contributed by atoms with Crippen LogP contribution in [-0.4, -0.2) is 20.0 Å². The maximum absolute atomic E-state index is 12.0. The van der Waals surface area contributed by atoms with Crippen molar-refractivity contribution in [2.45, 2.75) is 6.54 Å². The van der Waals surface area contributed by atoms with E-state index in [9.17, 15) is 4.79 Å². The lowest BCUT2D eigenvalue weighted by Gasteiger charge is -2.19. The second-order valence-corrected chi connectivity index (χ2v) is 5.56. The predicted octanol–water partition coefficient (Wildman–Crippen LogP) is 2.20. The highest BCUT2D eigenvalue weighted by Crippen LogP contribution is 2.37. The van der Waals surface area contributed by atoms with Crippen molar-refractivity contribution in [1.82, 2.24) is 5.32 Å². The average molecular weight is 300 g/mol. The van der Waals surface area contributed by atoms with E-state index in [1.54, 1.807) is 7.05 Å². The third kappa shape index (κ3) is 2.98. The molecule has 108 valence electrons. The Hall–Kier alpha value is -2.52. The smallest absolute Gasteiger partial charge is 0.256 e. The van der Waals surface area contributed by atoms with Crippen LogP contribution < -0.4 is 16.0 Å². The van der Waals surface area contributed by atoms with E-state index in [2.05, 4.69) is 5.32 Å². The van der Waals surface area contributed by atoms with Crippen molar-refractivity contribution in [3.63, 3.8) is 0 Å². The number of thiophene rings is 1. The zero-order valence-electron chi connectivity index (χ0n) is 11.9. The number of hydrogen-bond donors (Lipinski definition) is 2.